The predicted octanol–water partition coefficient (Wildman–Crippen LogP) is 3.41. The Morgan fingerprint density at radius 2 is 2.00 bits per heavy atom. The van der Waals surface area contributed by atoms with E-state index in [4.69, 9.17) is 15.2 Å². The number of hydrogen-bond acceptors (Lipinski definition) is 4. The van der Waals surface area contributed by atoms with Crippen molar-refractivity contribution in [1.29, 1.82) is 0 Å². The molecule has 0 fully saturated rings. The van der Waals surface area contributed by atoms with Crippen molar-refractivity contribution in [2.75, 3.05) is 18.9 Å². The molecule has 0 heterocycles. The van der Waals surface area contributed by atoms with Crippen molar-refractivity contribution in [3.63, 3.8) is 0 Å². The van der Waals surface area contributed by atoms with Crippen LogP contribution >= 0.6 is 15.9 Å². The van der Waals surface area contributed by atoms with E-state index in [9.17, 15) is 9.18 Å². The SMILES string of the molecule is Nc1ccc(F)cc1C(=O)OCCOc1cccc(Br)c1. The Labute approximate surface area is 129 Å². The van der Waals surface area contributed by atoms with Gasteiger partial charge in [-0.2, -0.15) is 0 Å². The minimum absolute atomic E-state index is 0.0115. The molecule has 6 heteroatoms. The molecule has 0 unspecified atom stereocenters. The average molecular weight is 354 g/mol. The van der Waals surface area contributed by atoms with E-state index in [1.165, 1.54) is 12.1 Å². The smallest absolute Gasteiger partial charge is 0.340 e. The van der Waals surface area contributed by atoms with Gasteiger partial charge in [0.05, 0.1) is 5.56 Å². The van der Waals surface area contributed by atoms with E-state index in [2.05, 4.69) is 15.9 Å². The van der Waals surface area contributed by atoms with Gasteiger partial charge < -0.3 is 15.2 Å². The van der Waals surface area contributed by atoms with Crippen molar-refractivity contribution in [3.8, 4) is 5.75 Å². The lowest BCUT2D eigenvalue weighted by Crippen LogP contribution is -2.14. The molecule has 21 heavy (non-hydrogen) atoms. The monoisotopic (exact) mass is 353 g/mol. The van der Waals surface area contributed by atoms with E-state index >= 15 is 0 Å². The quantitative estimate of drug-likeness (QED) is 0.508. The Balaban J connectivity index is 1.83. The fraction of sp³-hybridized carbons (Fsp3) is 0.133. The van der Waals surface area contributed by atoms with Gasteiger partial charge in [-0.05, 0) is 36.4 Å². The Morgan fingerprint density at radius 1 is 1.19 bits per heavy atom. The zero-order valence-electron chi connectivity index (χ0n) is 11.0. The molecule has 0 atom stereocenters. The molecule has 0 aromatic heterocycles. The lowest BCUT2D eigenvalue weighted by atomic mass is 10.2. The second-order valence-electron chi connectivity index (χ2n) is 4.17. The number of esters is 1. The van der Waals surface area contributed by atoms with E-state index < -0.39 is 11.8 Å². The van der Waals surface area contributed by atoms with Crippen LogP contribution in [0.15, 0.2) is 46.9 Å². The van der Waals surface area contributed by atoms with Crippen molar-refractivity contribution in [2.45, 2.75) is 0 Å². The van der Waals surface area contributed by atoms with E-state index in [-0.39, 0.29) is 24.5 Å². The first kappa shape index (κ1) is 15.3. The van der Waals surface area contributed by atoms with Crippen molar-refractivity contribution in [3.05, 3.63) is 58.3 Å². The van der Waals surface area contributed by atoms with E-state index in [0.717, 1.165) is 10.5 Å². The first-order valence-electron chi connectivity index (χ1n) is 6.17. The minimum Gasteiger partial charge on any atom is -0.490 e. The summed E-state index contributed by atoms with van der Waals surface area (Å²) < 4.78 is 24.4. The first-order chi connectivity index (χ1) is 10.1. The number of hydrogen-bond donors (Lipinski definition) is 1. The number of benzene rings is 2. The molecule has 0 aliphatic rings. The van der Waals surface area contributed by atoms with Crippen LogP contribution in [0.4, 0.5) is 10.1 Å². The molecule has 0 spiro atoms. The summed E-state index contributed by atoms with van der Waals surface area (Å²) in [5.41, 5.74) is 5.79. The van der Waals surface area contributed by atoms with Gasteiger partial charge in [-0.25, -0.2) is 9.18 Å². The van der Waals surface area contributed by atoms with Gasteiger partial charge in [0.15, 0.2) is 0 Å². The van der Waals surface area contributed by atoms with E-state index in [1.807, 2.05) is 12.1 Å². The molecule has 0 amide bonds. The molecule has 2 aromatic rings. The van der Waals surface area contributed by atoms with Gasteiger partial charge in [0.2, 0.25) is 0 Å². The molecule has 2 N–H and O–H groups in total. The zero-order chi connectivity index (χ0) is 15.2. The third-order valence-corrected chi connectivity index (χ3v) is 3.11. The van der Waals surface area contributed by atoms with Crippen LogP contribution in [-0.4, -0.2) is 19.2 Å². The Morgan fingerprint density at radius 3 is 2.76 bits per heavy atom. The average Bonchev–Trinajstić information content (AvgIpc) is 2.46. The summed E-state index contributed by atoms with van der Waals surface area (Å²) in [5, 5.41) is 0. The Bertz CT molecular complexity index is 649. The molecule has 110 valence electrons. The highest BCUT2D eigenvalue weighted by Crippen LogP contribution is 2.18. The van der Waals surface area contributed by atoms with Crippen LogP contribution in [0, 0.1) is 5.82 Å². The summed E-state index contributed by atoms with van der Waals surface area (Å²) in [5.74, 6) is -0.558. The van der Waals surface area contributed by atoms with Crippen LogP contribution < -0.4 is 10.5 Å². The molecule has 0 aliphatic heterocycles. The van der Waals surface area contributed by atoms with Gasteiger partial charge in [0, 0.05) is 10.2 Å². The fourth-order valence-corrected chi connectivity index (χ4v) is 2.01. The maximum Gasteiger partial charge on any atom is 0.340 e. The lowest BCUT2D eigenvalue weighted by Gasteiger charge is -2.09. The summed E-state index contributed by atoms with van der Waals surface area (Å²) in [4.78, 5) is 11.8. The number of ether oxygens (including phenoxy) is 2. The summed E-state index contributed by atoms with van der Waals surface area (Å²) in [6.07, 6.45) is 0. The molecule has 0 radical (unpaired) electrons. The maximum absolute atomic E-state index is 13.1. The number of rotatable bonds is 5. The highest BCUT2D eigenvalue weighted by molar-refractivity contribution is 9.10. The summed E-state index contributed by atoms with van der Waals surface area (Å²) in [6, 6.07) is 10.8. The van der Waals surface area contributed by atoms with Gasteiger partial charge in [-0.1, -0.05) is 22.0 Å². The largest absolute Gasteiger partial charge is 0.490 e. The molecule has 2 aromatic carbocycles. The second kappa shape index (κ2) is 7.08. The molecule has 2 rings (SSSR count). The number of halogens is 2. The second-order valence-corrected chi connectivity index (χ2v) is 5.09. The summed E-state index contributed by atoms with van der Waals surface area (Å²) in [6.45, 7) is 0.235. The van der Waals surface area contributed by atoms with Crippen LogP contribution in [0.1, 0.15) is 10.4 Å². The van der Waals surface area contributed by atoms with Gasteiger partial charge in [0.25, 0.3) is 0 Å². The van der Waals surface area contributed by atoms with Crippen molar-refractivity contribution >= 4 is 27.6 Å². The summed E-state index contributed by atoms with van der Waals surface area (Å²) in [7, 11) is 0. The van der Waals surface area contributed by atoms with Crippen LogP contribution in [-0.2, 0) is 4.74 Å². The third kappa shape index (κ3) is 4.46. The summed E-state index contributed by atoms with van der Waals surface area (Å²) >= 11 is 3.32. The Kier molecular flexibility index (Phi) is 5.16. The van der Waals surface area contributed by atoms with Gasteiger partial charge in [-0.15, -0.1) is 0 Å². The number of carbonyl (C=O) groups excluding carboxylic acids is 1. The van der Waals surface area contributed by atoms with Crippen molar-refractivity contribution < 1.29 is 18.7 Å². The number of nitrogens with two attached hydrogens (primary N) is 1. The van der Waals surface area contributed by atoms with Gasteiger partial charge in [-0.3, -0.25) is 0 Å². The molecule has 4 nitrogen and oxygen atoms in total. The molecular weight excluding hydrogens is 341 g/mol. The predicted molar refractivity (Wildman–Crippen MR) is 80.7 cm³/mol. The van der Waals surface area contributed by atoms with Crippen molar-refractivity contribution in [2.24, 2.45) is 0 Å². The van der Waals surface area contributed by atoms with Gasteiger partial charge >= 0.3 is 5.97 Å². The fourth-order valence-electron chi connectivity index (χ4n) is 1.63. The van der Waals surface area contributed by atoms with Crippen LogP contribution in [0.5, 0.6) is 5.75 Å². The van der Waals surface area contributed by atoms with Crippen molar-refractivity contribution in [1.82, 2.24) is 0 Å². The maximum atomic E-state index is 13.1. The number of anilines is 1. The number of carbonyl (C=O) groups is 1. The topological polar surface area (TPSA) is 61.6 Å². The standard InChI is InChI=1S/C15H13BrFNO3/c16-10-2-1-3-12(8-10)20-6-7-21-15(19)13-9-11(17)4-5-14(13)18/h1-5,8-9H,6-7,18H2. The molecule has 0 bridgehead atoms. The Hall–Kier alpha value is -2.08. The van der Waals surface area contributed by atoms with E-state index in [0.29, 0.717) is 5.75 Å². The normalized spacial score (nSPS) is 10.2. The molecule has 0 saturated carbocycles. The van der Waals surface area contributed by atoms with Crippen LogP contribution in [0.2, 0.25) is 0 Å². The van der Waals surface area contributed by atoms with Crippen LogP contribution in [0.25, 0.3) is 0 Å². The molecule has 0 aliphatic carbocycles. The minimum atomic E-state index is -0.676. The lowest BCUT2D eigenvalue weighted by molar-refractivity contribution is 0.0451. The zero-order valence-corrected chi connectivity index (χ0v) is 12.6. The van der Waals surface area contributed by atoms with Crippen LogP contribution in [0.3, 0.4) is 0 Å². The highest BCUT2D eigenvalue weighted by atomic mass is 79.9. The van der Waals surface area contributed by atoms with Gasteiger partial charge in [0.1, 0.15) is 24.8 Å². The highest BCUT2D eigenvalue weighted by Gasteiger charge is 2.12. The van der Waals surface area contributed by atoms with E-state index in [1.54, 1.807) is 12.1 Å². The molecular formula is C15H13BrFNO3. The third-order valence-electron chi connectivity index (χ3n) is 2.62. The first-order valence-corrected chi connectivity index (χ1v) is 6.96. The molecule has 0 saturated heterocycles. The number of nitrogen functional groups attached to an aromatic ring is 1.